The Morgan fingerprint density at radius 2 is 1.73 bits per heavy atom. The molecule has 152 valence electrons. The Morgan fingerprint density at radius 1 is 1.00 bits per heavy atom. The Hall–Kier alpha value is -3.27. The fraction of sp³-hybridized carbons (Fsp3) is 0.0909. The minimum absolute atomic E-state index is 0.0273. The van der Waals surface area contributed by atoms with Gasteiger partial charge in [0, 0.05) is 23.1 Å². The van der Waals surface area contributed by atoms with Gasteiger partial charge in [-0.05, 0) is 23.8 Å². The van der Waals surface area contributed by atoms with Gasteiger partial charge >= 0.3 is 5.97 Å². The van der Waals surface area contributed by atoms with Crippen molar-refractivity contribution in [2.45, 2.75) is 5.92 Å². The average Bonchev–Trinajstić information content (AvgIpc) is 2.74. The van der Waals surface area contributed by atoms with Gasteiger partial charge in [-0.3, -0.25) is 4.79 Å². The minimum atomic E-state index is -1.07. The minimum Gasteiger partial charge on any atom is -0.508 e. The number of ether oxygens (including phenoxy) is 1. The van der Waals surface area contributed by atoms with Crippen LogP contribution in [0.5, 0.6) is 23.0 Å². The molecule has 4 N–H and O–H groups in total. The third kappa shape index (κ3) is 3.43. The van der Waals surface area contributed by atoms with Crippen LogP contribution >= 0.6 is 22.6 Å². The van der Waals surface area contributed by atoms with Gasteiger partial charge in [-0.15, -0.1) is 0 Å². The van der Waals surface area contributed by atoms with E-state index in [9.17, 15) is 24.9 Å². The third-order valence-electron chi connectivity index (χ3n) is 4.89. The topological polar surface area (TPSA) is 116 Å². The van der Waals surface area contributed by atoms with Crippen LogP contribution in [-0.4, -0.2) is 31.6 Å². The zero-order valence-electron chi connectivity index (χ0n) is 15.4. The lowest BCUT2D eigenvalue weighted by Crippen LogP contribution is -2.18. The monoisotopic (exact) mass is 517 g/mol. The number of phenolic OH excluding ortho intramolecular Hbond substituents is 2. The van der Waals surface area contributed by atoms with Crippen molar-refractivity contribution in [3.05, 3.63) is 76.9 Å². The molecule has 0 fully saturated rings. The molecule has 0 spiro atoms. The van der Waals surface area contributed by atoms with Crippen LogP contribution in [0.1, 0.15) is 33.0 Å². The van der Waals surface area contributed by atoms with Crippen LogP contribution in [0.2, 0.25) is 0 Å². The molecule has 0 bridgehead atoms. The number of alkyl halides is 1. The first-order chi connectivity index (χ1) is 14.4. The van der Waals surface area contributed by atoms with Crippen molar-refractivity contribution in [2.24, 2.45) is 0 Å². The van der Waals surface area contributed by atoms with Crippen molar-refractivity contribution in [2.75, 3.05) is 9.74 Å². The second kappa shape index (κ2) is 7.86. The molecule has 7 nitrogen and oxygen atoms in total. The maximum atomic E-state index is 12.0. The van der Waals surface area contributed by atoms with Gasteiger partial charge in [0.25, 0.3) is 0 Å². The molecule has 0 aromatic heterocycles. The number of phenols is 2. The van der Waals surface area contributed by atoms with E-state index in [0.717, 1.165) is 0 Å². The van der Waals surface area contributed by atoms with E-state index in [1.54, 1.807) is 30.3 Å². The summed E-state index contributed by atoms with van der Waals surface area (Å²) in [5.74, 6) is -1.64. The molecule has 30 heavy (non-hydrogen) atoms. The standard InChI is InChI=1S/C22H16INO6/c23-10-18(27)24-20-16(26)8-7-15-19(12-3-1-2-4-13(12)22(28)29)14-6-5-11(25)9-17(14)30-21(15)20/h1-9,19,25-26H,10H2,(H,24,27)(H,28,29). The van der Waals surface area contributed by atoms with E-state index in [4.69, 9.17) is 4.74 Å². The van der Waals surface area contributed by atoms with Gasteiger partial charge in [-0.1, -0.05) is 52.9 Å². The first-order valence-corrected chi connectivity index (χ1v) is 10.5. The molecule has 0 radical (unpaired) electrons. The number of aromatic carboxylic acids is 1. The summed E-state index contributed by atoms with van der Waals surface area (Å²) >= 11 is 1.90. The van der Waals surface area contributed by atoms with Gasteiger partial charge in [0.2, 0.25) is 5.91 Å². The summed E-state index contributed by atoms with van der Waals surface area (Å²) in [7, 11) is 0. The van der Waals surface area contributed by atoms with Crippen molar-refractivity contribution in [1.82, 2.24) is 0 Å². The summed E-state index contributed by atoms with van der Waals surface area (Å²) in [5, 5.41) is 32.7. The lowest BCUT2D eigenvalue weighted by Gasteiger charge is -2.31. The molecule has 8 heteroatoms. The van der Waals surface area contributed by atoms with E-state index >= 15 is 0 Å². The molecule has 1 aliphatic heterocycles. The van der Waals surface area contributed by atoms with Gasteiger partial charge in [-0.2, -0.15) is 0 Å². The molecule has 0 saturated heterocycles. The normalized spacial score (nSPS) is 14.2. The van der Waals surface area contributed by atoms with Gasteiger partial charge in [-0.25, -0.2) is 4.79 Å². The van der Waals surface area contributed by atoms with Crippen molar-refractivity contribution in [1.29, 1.82) is 0 Å². The Bertz CT molecular complexity index is 1180. The number of carboxylic acids is 1. The molecule has 1 heterocycles. The smallest absolute Gasteiger partial charge is 0.335 e. The molecular weight excluding hydrogens is 501 g/mol. The summed E-state index contributed by atoms with van der Waals surface area (Å²) in [4.78, 5) is 23.9. The van der Waals surface area contributed by atoms with Crippen LogP contribution in [0, 0.1) is 0 Å². The molecule has 4 rings (SSSR count). The number of amides is 1. The van der Waals surface area contributed by atoms with Gasteiger partial charge in [0.05, 0.1) is 9.99 Å². The van der Waals surface area contributed by atoms with Gasteiger partial charge < -0.3 is 25.4 Å². The third-order valence-corrected chi connectivity index (χ3v) is 5.58. The van der Waals surface area contributed by atoms with Crippen LogP contribution in [0.15, 0.2) is 54.6 Å². The molecule has 1 aliphatic rings. The highest BCUT2D eigenvalue weighted by Crippen LogP contribution is 2.53. The lowest BCUT2D eigenvalue weighted by molar-refractivity contribution is -0.113. The summed E-state index contributed by atoms with van der Waals surface area (Å²) in [6.45, 7) is 0. The molecular formula is C22H16INO6. The number of rotatable bonds is 4. The van der Waals surface area contributed by atoms with Crippen molar-refractivity contribution < 1.29 is 29.6 Å². The number of halogens is 1. The number of benzene rings is 3. The van der Waals surface area contributed by atoms with Gasteiger partial charge in [0.1, 0.15) is 22.9 Å². The Morgan fingerprint density at radius 3 is 2.47 bits per heavy atom. The number of carbonyl (C=O) groups excluding carboxylic acids is 1. The molecule has 0 saturated carbocycles. The average molecular weight is 517 g/mol. The first-order valence-electron chi connectivity index (χ1n) is 8.95. The largest absolute Gasteiger partial charge is 0.508 e. The molecule has 1 unspecified atom stereocenters. The maximum Gasteiger partial charge on any atom is 0.335 e. The van der Waals surface area contributed by atoms with Crippen molar-refractivity contribution in [3.8, 4) is 23.0 Å². The molecule has 3 aromatic carbocycles. The second-order valence-electron chi connectivity index (χ2n) is 6.71. The molecule has 1 amide bonds. The van der Waals surface area contributed by atoms with Crippen molar-refractivity contribution >= 4 is 40.2 Å². The summed E-state index contributed by atoms with van der Waals surface area (Å²) < 4.78 is 6.15. The number of carboxylic acid groups (broad SMARTS) is 1. The Balaban J connectivity index is 2.00. The predicted octanol–water partition coefficient (Wildman–Crippen LogP) is 4.46. The highest BCUT2D eigenvalue weighted by Gasteiger charge is 2.34. The highest BCUT2D eigenvalue weighted by atomic mass is 127. The van der Waals surface area contributed by atoms with Crippen LogP contribution in [0.4, 0.5) is 5.69 Å². The summed E-state index contributed by atoms with van der Waals surface area (Å²) in [6, 6.07) is 14.3. The van der Waals surface area contributed by atoms with E-state index in [1.807, 2.05) is 22.6 Å². The molecule has 1 atom stereocenters. The molecule has 0 aliphatic carbocycles. The van der Waals surface area contributed by atoms with Crippen LogP contribution < -0.4 is 10.1 Å². The van der Waals surface area contributed by atoms with Gasteiger partial charge in [0.15, 0.2) is 5.75 Å². The number of hydrogen-bond donors (Lipinski definition) is 4. The number of aromatic hydroxyl groups is 2. The Kier molecular flexibility index (Phi) is 5.25. The number of nitrogens with one attached hydrogen (secondary N) is 1. The predicted molar refractivity (Wildman–Crippen MR) is 118 cm³/mol. The number of carbonyl (C=O) groups is 2. The number of anilines is 1. The van der Waals surface area contributed by atoms with Crippen molar-refractivity contribution in [3.63, 3.8) is 0 Å². The second-order valence-corrected chi connectivity index (χ2v) is 7.47. The number of fused-ring (bicyclic) bond motifs is 2. The fourth-order valence-electron chi connectivity index (χ4n) is 3.63. The molecule has 3 aromatic rings. The summed E-state index contributed by atoms with van der Waals surface area (Å²) in [5.41, 5.74) is 1.99. The summed E-state index contributed by atoms with van der Waals surface area (Å²) in [6.07, 6.45) is 0. The lowest BCUT2D eigenvalue weighted by atomic mass is 9.80. The Labute approximate surface area is 185 Å². The van der Waals surface area contributed by atoms with E-state index in [0.29, 0.717) is 22.4 Å². The first kappa shape index (κ1) is 20.0. The SMILES string of the molecule is O=C(CI)Nc1c(O)ccc2c1Oc1cc(O)ccc1C2c1ccccc1C(=O)O. The zero-order valence-corrected chi connectivity index (χ0v) is 17.6. The zero-order chi connectivity index (χ0) is 21.4. The number of hydrogen-bond acceptors (Lipinski definition) is 5. The van der Waals surface area contributed by atoms with E-state index < -0.39 is 11.9 Å². The van der Waals surface area contributed by atoms with Crippen LogP contribution in [-0.2, 0) is 4.79 Å². The van der Waals surface area contributed by atoms with E-state index in [1.165, 1.54) is 24.3 Å². The quantitative estimate of drug-likeness (QED) is 0.181. The maximum absolute atomic E-state index is 12.0. The fourth-order valence-corrected chi connectivity index (χ4v) is 3.82. The van der Waals surface area contributed by atoms with Crippen LogP contribution in [0.3, 0.4) is 0 Å². The van der Waals surface area contributed by atoms with E-state index in [2.05, 4.69) is 5.32 Å². The van der Waals surface area contributed by atoms with Crippen LogP contribution in [0.25, 0.3) is 0 Å². The van der Waals surface area contributed by atoms with E-state index in [-0.39, 0.29) is 38.8 Å². The highest BCUT2D eigenvalue weighted by molar-refractivity contribution is 14.1.